The third-order valence-corrected chi connectivity index (χ3v) is 6.65. The van der Waals surface area contributed by atoms with E-state index in [1.54, 1.807) is 0 Å². The average molecular weight is 410 g/mol. The smallest absolute Gasteiger partial charge is 0.311 e. The minimum Gasteiger partial charge on any atom is -0.469 e. The van der Waals surface area contributed by atoms with E-state index in [1.165, 1.54) is 19.6 Å². The van der Waals surface area contributed by atoms with Crippen molar-refractivity contribution in [1.29, 1.82) is 0 Å². The Labute approximate surface area is 170 Å². The van der Waals surface area contributed by atoms with E-state index in [-0.39, 0.29) is 29.7 Å². The molecule has 0 aromatic carbocycles. The van der Waals surface area contributed by atoms with Gasteiger partial charge in [-0.1, -0.05) is 39.0 Å². The number of thioether (sulfide) groups is 1. The predicted octanol–water partition coefficient (Wildman–Crippen LogP) is 2.69. The fourth-order valence-corrected chi connectivity index (χ4v) is 4.28. The lowest BCUT2D eigenvalue weighted by molar-refractivity contribution is -0.139. The molecule has 0 bridgehead atoms. The number of carbonyl (C=O) groups is 2. The molecule has 2 rings (SSSR count). The van der Waals surface area contributed by atoms with E-state index < -0.39 is 5.97 Å². The van der Waals surface area contributed by atoms with Gasteiger partial charge in [0, 0.05) is 12.1 Å². The molecule has 7 nitrogen and oxygen atoms in total. The number of amides is 1. The van der Waals surface area contributed by atoms with Crippen molar-refractivity contribution in [1.82, 2.24) is 15.3 Å². The molecule has 0 unspecified atom stereocenters. The second-order valence-corrected chi connectivity index (χ2v) is 9.01. The van der Waals surface area contributed by atoms with Crippen LogP contribution < -0.4 is 10.9 Å². The van der Waals surface area contributed by atoms with E-state index in [4.69, 9.17) is 0 Å². The van der Waals surface area contributed by atoms with Crippen molar-refractivity contribution in [3.05, 3.63) is 22.1 Å². The van der Waals surface area contributed by atoms with Crippen molar-refractivity contribution in [3.8, 4) is 0 Å². The molecule has 8 heteroatoms. The molecule has 2 N–H and O–H groups in total. The number of rotatable bonds is 8. The normalized spacial score (nSPS) is 19.9. The molecule has 28 heavy (non-hydrogen) atoms. The molecule has 1 amide bonds. The summed E-state index contributed by atoms with van der Waals surface area (Å²) in [5.74, 6) is 0.357. The van der Waals surface area contributed by atoms with Crippen LogP contribution in [0.2, 0.25) is 0 Å². The van der Waals surface area contributed by atoms with Gasteiger partial charge in [-0.25, -0.2) is 4.98 Å². The first-order chi connectivity index (χ1) is 13.2. The van der Waals surface area contributed by atoms with Crippen LogP contribution in [-0.2, 0) is 20.7 Å². The summed E-state index contributed by atoms with van der Waals surface area (Å²) in [6, 6.07) is 1.48. The van der Waals surface area contributed by atoms with Crippen LogP contribution in [0.1, 0.15) is 58.6 Å². The number of hydrogen-bond donors (Lipinski definition) is 2. The molecule has 0 saturated heterocycles. The second-order valence-electron chi connectivity index (χ2n) is 8.04. The molecular formula is C20H31N3O4S. The van der Waals surface area contributed by atoms with E-state index in [2.05, 4.69) is 40.8 Å². The second kappa shape index (κ2) is 10.1. The Kier molecular flexibility index (Phi) is 8.10. The fraction of sp³-hybridized carbons (Fsp3) is 0.700. The van der Waals surface area contributed by atoms with Crippen LogP contribution in [0, 0.1) is 11.3 Å². The number of aromatic nitrogens is 2. The van der Waals surface area contributed by atoms with Gasteiger partial charge in [0.2, 0.25) is 5.91 Å². The van der Waals surface area contributed by atoms with Crippen molar-refractivity contribution in [2.45, 2.75) is 70.5 Å². The Bertz CT molecular complexity index is 739. The van der Waals surface area contributed by atoms with Crippen LogP contribution in [0.3, 0.4) is 0 Å². The van der Waals surface area contributed by atoms with Crippen molar-refractivity contribution < 1.29 is 14.3 Å². The van der Waals surface area contributed by atoms with Crippen LogP contribution in [0.25, 0.3) is 0 Å². The van der Waals surface area contributed by atoms with E-state index >= 15 is 0 Å². The van der Waals surface area contributed by atoms with Crippen LogP contribution in [0.15, 0.2) is 16.0 Å². The lowest BCUT2D eigenvalue weighted by Crippen LogP contribution is -2.40. The lowest BCUT2D eigenvalue weighted by atomic mass is 9.69. The molecular weight excluding hydrogens is 378 g/mol. The Balaban J connectivity index is 1.82. The van der Waals surface area contributed by atoms with Gasteiger partial charge < -0.3 is 15.0 Å². The molecule has 1 aliphatic rings. The van der Waals surface area contributed by atoms with Gasteiger partial charge >= 0.3 is 5.97 Å². The Morgan fingerprint density at radius 1 is 1.32 bits per heavy atom. The van der Waals surface area contributed by atoms with Gasteiger partial charge in [-0.3, -0.25) is 14.4 Å². The summed E-state index contributed by atoms with van der Waals surface area (Å²) in [5, 5.41) is 3.42. The molecule has 1 saturated carbocycles. The molecule has 0 spiro atoms. The first-order valence-electron chi connectivity index (χ1n) is 9.82. The SMILES string of the molecule is CCC(C)(C)C1CCC(NC(=O)CSc2nc(CC(=O)OC)cc(=O)[nH]2)CC1. The summed E-state index contributed by atoms with van der Waals surface area (Å²) >= 11 is 1.16. The molecule has 0 radical (unpaired) electrons. The van der Waals surface area contributed by atoms with Crippen LogP contribution >= 0.6 is 11.8 Å². The number of carbonyl (C=O) groups excluding carboxylic acids is 2. The highest BCUT2D eigenvalue weighted by Gasteiger charge is 2.32. The van der Waals surface area contributed by atoms with Gasteiger partial charge in [0.05, 0.1) is 25.0 Å². The number of hydrogen-bond acceptors (Lipinski definition) is 6. The number of esters is 1. The highest BCUT2D eigenvalue weighted by molar-refractivity contribution is 7.99. The Morgan fingerprint density at radius 3 is 2.61 bits per heavy atom. The zero-order valence-electron chi connectivity index (χ0n) is 17.2. The largest absolute Gasteiger partial charge is 0.469 e. The third-order valence-electron chi connectivity index (χ3n) is 5.77. The maximum absolute atomic E-state index is 12.3. The Morgan fingerprint density at radius 2 is 2.00 bits per heavy atom. The highest BCUT2D eigenvalue weighted by Crippen LogP contribution is 2.40. The first kappa shape index (κ1) is 22.5. The average Bonchev–Trinajstić information content (AvgIpc) is 2.66. The van der Waals surface area contributed by atoms with Crippen molar-refractivity contribution in [3.63, 3.8) is 0 Å². The molecule has 1 aliphatic carbocycles. The highest BCUT2D eigenvalue weighted by atomic mass is 32.2. The molecule has 0 aliphatic heterocycles. The Hall–Kier alpha value is -1.83. The first-order valence-corrected chi connectivity index (χ1v) is 10.8. The minimum absolute atomic E-state index is 0.0655. The third kappa shape index (κ3) is 6.65. The summed E-state index contributed by atoms with van der Waals surface area (Å²) in [4.78, 5) is 42.2. The van der Waals surface area contributed by atoms with E-state index in [9.17, 15) is 14.4 Å². The lowest BCUT2D eigenvalue weighted by Gasteiger charge is -2.39. The molecule has 0 atom stereocenters. The number of aromatic amines is 1. The van der Waals surface area contributed by atoms with Gasteiger partial charge in [-0.15, -0.1) is 0 Å². The number of methoxy groups -OCH3 is 1. The van der Waals surface area contributed by atoms with Crippen LogP contribution in [0.4, 0.5) is 0 Å². The van der Waals surface area contributed by atoms with E-state index in [0.717, 1.165) is 37.4 Å². The van der Waals surface area contributed by atoms with Gasteiger partial charge in [0.15, 0.2) is 5.16 Å². The van der Waals surface area contributed by atoms with Crippen molar-refractivity contribution in [2.24, 2.45) is 11.3 Å². The number of ether oxygens (including phenoxy) is 1. The summed E-state index contributed by atoms with van der Waals surface area (Å²) in [5.41, 5.74) is 0.335. The minimum atomic E-state index is -0.464. The van der Waals surface area contributed by atoms with E-state index in [1.807, 2.05) is 0 Å². The van der Waals surface area contributed by atoms with Crippen LogP contribution in [-0.4, -0.2) is 40.7 Å². The van der Waals surface area contributed by atoms with Gasteiger partial charge in [0.1, 0.15) is 0 Å². The zero-order valence-corrected chi connectivity index (χ0v) is 18.0. The maximum Gasteiger partial charge on any atom is 0.311 e. The van der Waals surface area contributed by atoms with E-state index in [0.29, 0.717) is 22.2 Å². The molecule has 1 aromatic rings. The molecule has 1 aromatic heterocycles. The summed E-state index contributed by atoms with van der Waals surface area (Å²) in [7, 11) is 1.28. The quantitative estimate of drug-likeness (QED) is 0.389. The number of nitrogens with one attached hydrogen (secondary N) is 2. The predicted molar refractivity (Wildman–Crippen MR) is 109 cm³/mol. The number of nitrogens with zero attached hydrogens (tertiary/aromatic N) is 1. The molecule has 1 heterocycles. The van der Waals surface area contributed by atoms with Crippen molar-refractivity contribution >= 4 is 23.6 Å². The summed E-state index contributed by atoms with van der Waals surface area (Å²) in [6.07, 6.45) is 5.40. The fourth-order valence-electron chi connectivity index (χ4n) is 3.57. The molecule has 1 fully saturated rings. The topological polar surface area (TPSA) is 101 Å². The monoisotopic (exact) mass is 409 g/mol. The van der Waals surface area contributed by atoms with Gasteiger partial charge in [0.25, 0.3) is 5.56 Å². The summed E-state index contributed by atoms with van der Waals surface area (Å²) < 4.78 is 4.59. The number of H-pyrrole nitrogens is 1. The van der Waals surface area contributed by atoms with Gasteiger partial charge in [-0.05, 0) is 37.0 Å². The zero-order chi connectivity index (χ0) is 20.7. The van der Waals surface area contributed by atoms with Crippen LogP contribution in [0.5, 0.6) is 0 Å². The van der Waals surface area contributed by atoms with Crippen molar-refractivity contribution in [2.75, 3.05) is 12.9 Å². The van der Waals surface area contributed by atoms with Gasteiger partial charge in [-0.2, -0.15) is 0 Å². The molecule has 156 valence electrons. The summed E-state index contributed by atoms with van der Waals surface area (Å²) in [6.45, 7) is 6.90. The maximum atomic E-state index is 12.3. The standard InChI is InChI=1S/C20H31N3O4S/c1-5-20(2,3)13-6-8-14(9-7-13)21-17(25)12-28-19-22-15(10-16(24)23-19)11-18(26)27-4/h10,13-14H,5-9,11-12H2,1-4H3,(H,21,25)(H,22,23,24).